The van der Waals surface area contributed by atoms with Gasteiger partial charge >= 0.3 is 0 Å². The largest absolute Gasteiger partial charge is 0.396 e. The van der Waals surface area contributed by atoms with Crippen LogP contribution in [0, 0.1) is 5.41 Å². The van der Waals surface area contributed by atoms with Crippen LogP contribution in [-0.4, -0.2) is 11.7 Å². The Labute approximate surface area is 89.2 Å². The van der Waals surface area contributed by atoms with Gasteiger partial charge in [-0.1, -0.05) is 45.8 Å². The van der Waals surface area contributed by atoms with E-state index in [0.29, 0.717) is 12.0 Å². The second-order valence-corrected chi connectivity index (χ2v) is 4.71. The van der Waals surface area contributed by atoms with Crippen molar-refractivity contribution >= 4 is 0 Å². The van der Waals surface area contributed by atoms with Crippen molar-refractivity contribution in [1.29, 1.82) is 0 Å². The molecule has 1 heteroatoms. The first kappa shape index (κ1) is 13.7. The van der Waals surface area contributed by atoms with E-state index >= 15 is 0 Å². The van der Waals surface area contributed by atoms with Crippen molar-refractivity contribution in [2.45, 2.75) is 59.3 Å². The topological polar surface area (TPSA) is 20.2 Å². The molecule has 14 heavy (non-hydrogen) atoms. The maximum absolute atomic E-state index is 8.62. The Balaban J connectivity index is 3.60. The van der Waals surface area contributed by atoms with Gasteiger partial charge < -0.3 is 5.11 Å². The highest BCUT2D eigenvalue weighted by molar-refractivity contribution is 4.94. The van der Waals surface area contributed by atoms with Gasteiger partial charge in [0.2, 0.25) is 0 Å². The summed E-state index contributed by atoms with van der Waals surface area (Å²) in [6.45, 7) is 7.16. The summed E-state index contributed by atoms with van der Waals surface area (Å²) in [5.41, 5.74) is 0.356. The average Bonchev–Trinajstić information content (AvgIpc) is 2.15. The lowest BCUT2D eigenvalue weighted by atomic mass is 9.86. The Morgan fingerprint density at radius 2 is 1.86 bits per heavy atom. The Kier molecular flexibility index (Phi) is 7.87. The van der Waals surface area contributed by atoms with E-state index in [0.717, 1.165) is 19.3 Å². The minimum atomic E-state index is 0.326. The van der Waals surface area contributed by atoms with Gasteiger partial charge in [0.25, 0.3) is 0 Å². The van der Waals surface area contributed by atoms with Crippen molar-refractivity contribution in [2.75, 3.05) is 6.61 Å². The smallest absolute Gasteiger partial charge is 0.0431 e. The first-order chi connectivity index (χ1) is 6.62. The first-order valence-electron chi connectivity index (χ1n) is 5.91. The van der Waals surface area contributed by atoms with Crippen molar-refractivity contribution in [3.05, 3.63) is 12.2 Å². The van der Waals surface area contributed by atoms with Crippen LogP contribution in [0.2, 0.25) is 0 Å². The third-order valence-corrected chi connectivity index (χ3v) is 2.52. The van der Waals surface area contributed by atoms with Crippen molar-refractivity contribution in [2.24, 2.45) is 5.41 Å². The van der Waals surface area contributed by atoms with Crippen LogP contribution < -0.4 is 0 Å². The third-order valence-electron chi connectivity index (χ3n) is 2.52. The summed E-state index contributed by atoms with van der Waals surface area (Å²) < 4.78 is 0. The van der Waals surface area contributed by atoms with Crippen LogP contribution in [0.15, 0.2) is 12.2 Å². The summed E-state index contributed by atoms with van der Waals surface area (Å²) >= 11 is 0. The van der Waals surface area contributed by atoms with E-state index in [2.05, 4.69) is 32.9 Å². The second-order valence-electron chi connectivity index (χ2n) is 4.71. The highest BCUT2D eigenvalue weighted by atomic mass is 16.2. The summed E-state index contributed by atoms with van der Waals surface area (Å²) in [5, 5.41) is 8.62. The highest BCUT2D eigenvalue weighted by Gasteiger charge is 2.11. The molecule has 1 N–H and O–H groups in total. The van der Waals surface area contributed by atoms with Crippen LogP contribution in [0.25, 0.3) is 0 Å². The quantitative estimate of drug-likeness (QED) is 0.463. The minimum absolute atomic E-state index is 0.326. The van der Waals surface area contributed by atoms with E-state index in [1.54, 1.807) is 0 Å². The van der Waals surface area contributed by atoms with Crippen molar-refractivity contribution in [3.63, 3.8) is 0 Å². The van der Waals surface area contributed by atoms with Gasteiger partial charge in [-0.3, -0.25) is 0 Å². The Hall–Kier alpha value is -0.300. The summed E-state index contributed by atoms with van der Waals surface area (Å²) in [6.07, 6.45) is 11.6. The number of hydrogen-bond donors (Lipinski definition) is 1. The predicted molar refractivity (Wildman–Crippen MR) is 63.4 cm³/mol. The van der Waals surface area contributed by atoms with Gasteiger partial charge in [0.1, 0.15) is 0 Å². The molecule has 0 saturated heterocycles. The lowest BCUT2D eigenvalue weighted by Crippen LogP contribution is -2.06. The summed E-state index contributed by atoms with van der Waals surface area (Å²) in [4.78, 5) is 0. The normalized spacial score (nSPS) is 12.6. The molecule has 0 rings (SSSR count). The van der Waals surface area contributed by atoms with Crippen LogP contribution >= 0.6 is 0 Å². The van der Waals surface area contributed by atoms with E-state index < -0.39 is 0 Å². The fourth-order valence-electron chi connectivity index (χ4n) is 1.49. The predicted octanol–water partition coefficient (Wildman–Crippen LogP) is 3.92. The molecule has 0 radical (unpaired) electrons. The molecule has 0 aromatic rings. The third kappa shape index (κ3) is 8.31. The molecule has 0 atom stereocenters. The second kappa shape index (κ2) is 8.05. The molecule has 0 aromatic heterocycles. The molecule has 0 aliphatic carbocycles. The lowest BCUT2D eigenvalue weighted by molar-refractivity contribution is 0.285. The molecule has 84 valence electrons. The lowest BCUT2D eigenvalue weighted by Gasteiger charge is -2.19. The van der Waals surface area contributed by atoms with Crippen LogP contribution in [0.1, 0.15) is 59.3 Å². The van der Waals surface area contributed by atoms with Gasteiger partial charge in [0, 0.05) is 6.61 Å². The highest BCUT2D eigenvalue weighted by Crippen LogP contribution is 2.25. The zero-order chi connectivity index (χ0) is 10.9. The molecular formula is C13H26O. The number of allylic oxidation sites excluding steroid dienone is 2. The van der Waals surface area contributed by atoms with Gasteiger partial charge in [-0.15, -0.1) is 0 Å². The standard InChI is InChI=1S/C13H26O/c1-4-5-10-13(2,3)11-8-6-7-9-12-14/h8,11,14H,4-7,9-10,12H2,1-3H3/b11-8+. The van der Waals surface area contributed by atoms with Crippen molar-refractivity contribution in [1.82, 2.24) is 0 Å². The summed E-state index contributed by atoms with van der Waals surface area (Å²) in [5.74, 6) is 0. The maximum atomic E-state index is 8.62. The molecule has 0 aliphatic rings. The van der Waals surface area contributed by atoms with E-state index in [4.69, 9.17) is 5.11 Å². The van der Waals surface area contributed by atoms with Gasteiger partial charge in [0.05, 0.1) is 0 Å². The Morgan fingerprint density at radius 1 is 1.14 bits per heavy atom. The van der Waals surface area contributed by atoms with Crippen LogP contribution in [0.3, 0.4) is 0 Å². The number of aliphatic hydroxyl groups is 1. The molecule has 0 saturated carbocycles. The van der Waals surface area contributed by atoms with E-state index in [9.17, 15) is 0 Å². The number of unbranched alkanes of at least 4 members (excludes halogenated alkanes) is 3. The minimum Gasteiger partial charge on any atom is -0.396 e. The Bertz CT molecular complexity index is 147. The number of rotatable bonds is 8. The van der Waals surface area contributed by atoms with E-state index in [-0.39, 0.29) is 0 Å². The molecule has 0 bridgehead atoms. The zero-order valence-electron chi connectivity index (χ0n) is 10.1. The molecule has 0 aromatic carbocycles. The monoisotopic (exact) mass is 198 g/mol. The van der Waals surface area contributed by atoms with Crippen molar-refractivity contribution in [3.8, 4) is 0 Å². The van der Waals surface area contributed by atoms with Gasteiger partial charge in [-0.25, -0.2) is 0 Å². The van der Waals surface area contributed by atoms with E-state index in [1.165, 1.54) is 19.3 Å². The van der Waals surface area contributed by atoms with Gasteiger partial charge in [-0.05, 0) is 31.1 Å². The van der Waals surface area contributed by atoms with E-state index in [1.807, 2.05) is 0 Å². The SMILES string of the molecule is CCCCC(C)(C)/C=C/CCCCO. The van der Waals surface area contributed by atoms with Gasteiger partial charge in [-0.2, -0.15) is 0 Å². The fraction of sp³-hybridized carbons (Fsp3) is 0.846. The van der Waals surface area contributed by atoms with Crippen molar-refractivity contribution < 1.29 is 5.11 Å². The zero-order valence-corrected chi connectivity index (χ0v) is 10.1. The molecule has 0 fully saturated rings. The molecule has 1 nitrogen and oxygen atoms in total. The van der Waals surface area contributed by atoms with Crippen LogP contribution in [-0.2, 0) is 0 Å². The maximum Gasteiger partial charge on any atom is 0.0431 e. The average molecular weight is 198 g/mol. The molecule has 0 unspecified atom stereocenters. The molecule has 0 amide bonds. The molecular weight excluding hydrogens is 172 g/mol. The van der Waals surface area contributed by atoms with Gasteiger partial charge in [0.15, 0.2) is 0 Å². The number of hydrogen-bond acceptors (Lipinski definition) is 1. The molecule has 0 aliphatic heterocycles. The fourth-order valence-corrected chi connectivity index (χ4v) is 1.49. The molecule has 0 heterocycles. The number of aliphatic hydroxyl groups excluding tert-OH is 1. The first-order valence-corrected chi connectivity index (χ1v) is 5.91. The van der Waals surface area contributed by atoms with Crippen LogP contribution in [0.4, 0.5) is 0 Å². The Morgan fingerprint density at radius 3 is 2.43 bits per heavy atom. The summed E-state index contributed by atoms with van der Waals surface area (Å²) in [7, 11) is 0. The molecule has 0 spiro atoms. The van der Waals surface area contributed by atoms with Crippen LogP contribution in [0.5, 0.6) is 0 Å². The summed E-state index contributed by atoms with van der Waals surface area (Å²) in [6, 6.07) is 0.